The molecule has 0 bridgehead atoms. The van der Waals surface area contributed by atoms with E-state index in [4.69, 9.17) is 0 Å². The van der Waals surface area contributed by atoms with Crippen LogP contribution in [-0.2, 0) is 20.5 Å². The number of hydrogen-bond acceptors (Lipinski definition) is 5. The van der Waals surface area contributed by atoms with E-state index in [0.717, 1.165) is 0 Å². The van der Waals surface area contributed by atoms with Crippen molar-refractivity contribution in [2.45, 2.75) is 12.7 Å². The van der Waals surface area contributed by atoms with Crippen LogP contribution in [0.25, 0.3) is 0 Å². The molecule has 0 aliphatic carbocycles. The van der Waals surface area contributed by atoms with E-state index in [0.29, 0.717) is 12.2 Å². The lowest BCUT2D eigenvalue weighted by molar-refractivity contribution is 0.0600. The topological polar surface area (TPSA) is 85.4 Å². The molecule has 0 unspecified atom stereocenters. The third-order valence-electron chi connectivity index (χ3n) is 1.95. The van der Waals surface area contributed by atoms with Gasteiger partial charge in [0.2, 0.25) is 10.0 Å². The number of rotatable bonds is 5. The van der Waals surface area contributed by atoms with Crippen molar-refractivity contribution in [3.05, 3.63) is 29.6 Å². The molecule has 7 heteroatoms. The van der Waals surface area contributed by atoms with Crippen molar-refractivity contribution in [3.63, 3.8) is 0 Å². The Hall–Kier alpha value is -1.47. The molecule has 0 aliphatic rings. The first-order valence-electron chi connectivity index (χ1n) is 4.99. The van der Waals surface area contributed by atoms with Gasteiger partial charge in [-0.1, -0.05) is 6.92 Å². The van der Waals surface area contributed by atoms with Gasteiger partial charge < -0.3 is 4.74 Å². The molecule has 0 saturated carbocycles. The number of carbonyl (C=O) groups is 1. The lowest BCUT2D eigenvalue weighted by Gasteiger charge is -2.04. The minimum absolute atomic E-state index is 0.206. The molecular weight excluding hydrogens is 244 g/mol. The monoisotopic (exact) mass is 258 g/mol. The Morgan fingerprint density at radius 2 is 2.18 bits per heavy atom. The Morgan fingerprint density at radius 3 is 2.65 bits per heavy atom. The van der Waals surface area contributed by atoms with Crippen molar-refractivity contribution >= 4 is 16.0 Å². The van der Waals surface area contributed by atoms with Gasteiger partial charge >= 0.3 is 5.97 Å². The maximum absolute atomic E-state index is 11.4. The van der Waals surface area contributed by atoms with Gasteiger partial charge in [-0.15, -0.1) is 0 Å². The zero-order chi connectivity index (χ0) is 12.9. The van der Waals surface area contributed by atoms with Crippen LogP contribution in [0.1, 0.15) is 23.0 Å². The highest BCUT2D eigenvalue weighted by Crippen LogP contribution is 2.05. The molecule has 0 amide bonds. The molecule has 0 aliphatic heterocycles. The van der Waals surface area contributed by atoms with E-state index in [1.165, 1.54) is 25.4 Å². The summed E-state index contributed by atoms with van der Waals surface area (Å²) in [7, 11) is -2.08. The van der Waals surface area contributed by atoms with Gasteiger partial charge in [0, 0.05) is 12.7 Å². The van der Waals surface area contributed by atoms with Crippen LogP contribution in [0.3, 0.4) is 0 Å². The Kier molecular flexibility index (Phi) is 4.59. The first-order chi connectivity index (χ1) is 7.98. The maximum Gasteiger partial charge on any atom is 0.339 e. The van der Waals surface area contributed by atoms with E-state index in [-0.39, 0.29) is 11.3 Å². The number of sulfonamides is 1. The fourth-order valence-electron chi connectivity index (χ4n) is 1.21. The lowest BCUT2D eigenvalue weighted by Crippen LogP contribution is -2.25. The van der Waals surface area contributed by atoms with Gasteiger partial charge in [-0.3, -0.25) is 4.98 Å². The second-order valence-electron chi connectivity index (χ2n) is 3.29. The third-order valence-corrected chi connectivity index (χ3v) is 3.35. The Morgan fingerprint density at radius 1 is 1.47 bits per heavy atom. The summed E-state index contributed by atoms with van der Waals surface area (Å²) in [6.07, 6.45) is 1.29. The summed E-state index contributed by atoms with van der Waals surface area (Å²) in [6, 6.07) is 2.97. The van der Waals surface area contributed by atoms with Crippen LogP contribution >= 0.6 is 0 Å². The van der Waals surface area contributed by atoms with E-state index < -0.39 is 16.0 Å². The number of methoxy groups -OCH3 is 1. The summed E-state index contributed by atoms with van der Waals surface area (Å²) in [5.41, 5.74) is 0.663. The molecular formula is C10H14N2O4S. The number of hydrogen-bond donors (Lipinski definition) is 1. The highest BCUT2D eigenvalue weighted by Gasteiger charge is 2.12. The molecule has 1 N–H and O–H groups in total. The van der Waals surface area contributed by atoms with Gasteiger partial charge in [-0.25, -0.2) is 17.9 Å². The van der Waals surface area contributed by atoms with Crippen LogP contribution in [0.5, 0.6) is 0 Å². The number of aromatic nitrogens is 1. The van der Waals surface area contributed by atoms with Crippen LogP contribution in [0.4, 0.5) is 0 Å². The normalized spacial score (nSPS) is 11.2. The molecule has 0 radical (unpaired) electrons. The number of pyridine rings is 1. The smallest absolute Gasteiger partial charge is 0.339 e. The fraction of sp³-hybridized carbons (Fsp3) is 0.400. The summed E-state index contributed by atoms with van der Waals surface area (Å²) in [6.45, 7) is 2.04. The van der Waals surface area contributed by atoms with E-state index in [9.17, 15) is 13.2 Å². The first-order valence-corrected chi connectivity index (χ1v) is 6.64. The van der Waals surface area contributed by atoms with Gasteiger partial charge in [0.1, 0.15) is 5.75 Å². The second-order valence-corrected chi connectivity index (χ2v) is 5.09. The second kappa shape index (κ2) is 5.74. The van der Waals surface area contributed by atoms with Crippen molar-refractivity contribution < 1.29 is 17.9 Å². The van der Waals surface area contributed by atoms with E-state index in [1.54, 1.807) is 6.92 Å². The van der Waals surface area contributed by atoms with Gasteiger partial charge in [0.15, 0.2) is 0 Å². The predicted molar refractivity (Wildman–Crippen MR) is 61.9 cm³/mol. The molecule has 0 spiro atoms. The van der Waals surface area contributed by atoms with Crippen molar-refractivity contribution in [2.24, 2.45) is 0 Å². The summed E-state index contributed by atoms with van der Waals surface area (Å²) in [4.78, 5) is 15.0. The molecule has 0 fully saturated rings. The Labute approximate surface area is 100 Å². The first kappa shape index (κ1) is 13.6. The van der Waals surface area contributed by atoms with Crippen molar-refractivity contribution in [3.8, 4) is 0 Å². The molecule has 1 heterocycles. The summed E-state index contributed by atoms with van der Waals surface area (Å²) < 4.78 is 29.7. The van der Waals surface area contributed by atoms with E-state index in [1.807, 2.05) is 0 Å². The van der Waals surface area contributed by atoms with Crippen molar-refractivity contribution in [1.29, 1.82) is 0 Å². The minimum atomic E-state index is -3.35. The average molecular weight is 258 g/mol. The fourth-order valence-corrected chi connectivity index (χ4v) is 2.32. The number of esters is 1. The minimum Gasteiger partial charge on any atom is -0.465 e. The molecule has 94 valence electrons. The third kappa shape index (κ3) is 4.12. The zero-order valence-corrected chi connectivity index (χ0v) is 10.5. The van der Waals surface area contributed by atoms with E-state index >= 15 is 0 Å². The van der Waals surface area contributed by atoms with Gasteiger partial charge in [0.25, 0.3) is 0 Å². The van der Waals surface area contributed by atoms with Crippen LogP contribution in [0, 0.1) is 0 Å². The molecule has 0 saturated heterocycles. The number of ether oxygens (including phenoxy) is 1. The van der Waals surface area contributed by atoms with Crippen LogP contribution in [0.15, 0.2) is 18.3 Å². The molecule has 0 atom stereocenters. The molecule has 0 aromatic carbocycles. The Bertz CT molecular complexity index is 482. The quantitative estimate of drug-likeness (QED) is 0.768. The van der Waals surface area contributed by atoms with Gasteiger partial charge in [-0.2, -0.15) is 0 Å². The number of nitrogens with zero attached hydrogens (tertiary/aromatic N) is 1. The number of carbonyl (C=O) groups excluding carboxylic acids is 1. The molecule has 1 rings (SSSR count). The van der Waals surface area contributed by atoms with Gasteiger partial charge in [-0.05, 0) is 12.1 Å². The predicted octanol–water partition coefficient (Wildman–Crippen LogP) is 0.307. The lowest BCUT2D eigenvalue weighted by atomic mass is 10.2. The zero-order valence-electron chi connectivity index (χ0n) is 9.63. The van der Waals surface area contributed by atoms with Crippen molar-refractivity contribution in [1.82, 2.24) is 9.71 Å². The average Bonchev–Trinajstić information content (AvgIpc) is 2.28. The van der Waals surface area contributed by atoms with E-state index in [2.05, 4.69) is 14.4 Å². The standard InChI is InChI=1S/C10H14N2O4S/c1-3-12-17(14,15)7-9-5-4-8(6-11-9)10(13)16-2/h4-6,12H,3,7H2,1-2H3. The number of nitrogens with one attached hydrogen (secondary N) is 1. The van der Waals surface area contributed by atoms with Crippen LogP contribution in [0.2, 0.25) is 0 Å². The molecule has 1 aromatic rings. The molecule has 17 heavy (non-hydrogen) atoms. The largest absolute Gasteiger partial charge is 0.465 e. The highest BCUT2D eigenvalue weighted by atomic mass is 32.2. The van der Waals surface area contributed by atoms with Crippen LogP contribution < -0.4 is 4.72 Å². The van der Waals surface area contributed by atoms with Crippen LogP contribution in [-0.4, -0.2) is 33.0 Å². The van der Waals surface area contributed by atoms with Crippen molar-refractivity contribution in [2.75, 3.05) is 13.7 Å². The molecule has 1 aromatic heterocycles. The summed E-state index contributed by atoms with van der Waals surface area (Å²) in [5.74, 6) is -0.707. The highest BCUT2D eigenvalue weighted by molar-refractivity contribution is 7.88. The molecule has 6 nitrogen and oxygen atoms in total. The van der Waals surface area contributed by atoms with Gasteiger partial charge in [0.05, 0.1) is 18.4 Å². The summed E-state index contributed by atoms with van der Waals surface area (Å²) >= 11 is 0. The maximum atomic E-state index is 11.4. The Balaban J connectivity index is 2.79. The summed E-state index contributed by atoms with van der Waals surface area (Å²) in [5, 5.41) is 0. The SMILES string of the molecule is CCNS(=O)(=O)Cc1ccc(C(=O)OC)cn1.